The first-order valence-corrected chi connectivity index (χ1v) is 6.43. The van der Waals surface area contributed by atoms with E-state index in [-0.39, 0.29) is 11.7 Å². The van der Waals surface area contributed by atoms with Crippen LogP contribution in [0.5, 0.6) is 5.75 Å². The molecule has 3 rings (SSSR count). The second kappa shape index (κ2) is 5.16. The highest BCUT2D eigenvalue weighted by Gasteiger charge is 2.07. The number of carbonyl (C=O) groups excluding carboxylic acids is 1. The Kier molecular flexibility index (Phi) is 3.19. The highest BCUT2D eigenvalue weighted by Crippen LogP contribution is 2.19. The van der Waals surface area contributed by atoms with Crippen LogP contribution in [0.15, 0.2) is 42.5 Å². The topological polar surface area (TPSA) is 104 Å². The Morgan fingerprint density at radius 2 is 2.00 bits per heavy atom. The Hall–Kier alpha value is -3.02. The minimum Gasteiger partial charge on any atom is -0.508 e. The van der Waals surface area contributed by atoms with Crippen molar-refractivity contribution >= 4 is 22.6 Å². The van der Waals surface area contributed by atoms with Crippen LogP contribution in [0, 0.1) is 0 Å². The fourth-order valence-electron chi connectivity index (χ4n) is 2.09. The fraction of sp³-hybridized carbons (Fsp3) is 0.0667. The average molecular weight is 282 g/mol. The minimum absolute atomic E-state index is 0.132. The number of anilines is 1. The maximum Gasteiger partial charge on any atom is 0.251 e. The SMILES string of the molecule is Nc1n[nH]c2ccc(CNC(=O)c3ccc(O)cc3)cc12. The van der Waals surface area contributed by atoms with Crippen molar-refractivity contribution in [3.63, 3.8) is 0 Å². The molecule has 6 nitrogen and oxygen atoms in total. The summed E-state index contributed by atoms with van der Waals surface area (Å²) in [4.78, 5) is 12.0. The van der Waals surface area contributed by atoms with E-state index < -0.39 is 0 Å². The molecule has 0 aliphatic rings. The quantitative estimate of drug-likeness (QED) is 0.587. The summed E-state index contributed by atoms with van der Waals surface area (Å²) in [6.07, 6.45) is 0. The first-order valence-electron chi connectivity index (χ1n) is 6.43. The second-order valence-corrected chi connectivity index (χ2v) is 4.72. The predicted octanol–water partition coefficient (Wildman–Crippen LogP) is 1.78. The summed E-state index contributed by atoms with van der Waals surface area (Å²) in [5.41, 5.74) is 8.05. The molecule has 106 valence electrons. The Labute approximate surface area is 120 Å². The van der Waals surface area contributed by atoms with Gasteiger partial charge in [-0.15, -0.1) is 0 Å². The van der Waals surface area contributed by atoms with Crippen molar-refractivity contribution < 1.29 is 9.90 Å². The number of nitrogens with zero attached hydrogens (tertiary/aromatic N) is 1. The van der Waals surface area contributed by atoms with Crippen LogP contribution in [0.3, 0.4) is 0 Å². The van der Waals surface area contributed by atoms with E-state index in [0.717, 1.165) is 16.5 Å². The number of aromatic nitrogens is 2. The molecule has 5 N–H and O–H groups in total. The molecule has 0 radical (unpaired) electrons. The van der Waals surface area contributed by atoms with E-state index in [9.17, 15) is 9.90 Å². The van der Waals surface area contributed by atoms with E-state index in [1.165, 1.54) is 12.1 Å². The molecule has 1 aromatic heterocycles. The number of nitrogen functional groups attached to an aromatic ring is 1. The van der Waals surface area contributed by atoms with E-state index in [0.29, 0.717) is 17.9 Å². The Balaban J connectivity index is 1.72. The van der Waals surface area contributed by atoms with E-state index in [1.54, 1.807) is 12.1 Å². The number of H-pyrrole nitrogens is 1. The lowest BCUT2D eigenvalue weighted by atomic mass is 10.1. The molecule has 0 unspecified atom stereocenters. The number of aromatic hydroxyl groups is 1. The standard InChI is InChI=1S/C15H14N4O2/c16-14-12-7-9(1-6-13(12)18-19-14)8-17-15(21)10-2-4-11(20)5-3-10/h1-7,20H,8H2,(H,17,21)(H3,16,18,19). The summed E-state index contributed by atoms with van der Waals surface area (Å²) in [5.74, 6) is 0.374. The van der Waals surface area contributed by atoms with Gasteiger partial charge in [0.05, 0.1) is 5.52 Å². The van der Waals surface area contributed by atoms with Crippen molar-refractivity contribution in [1.82, 2.24) is 15.5 Å². The molecule has 1 heterocycles. The van der Waals surface area contributed by atoms with Crippen LogP contribution < -0.4 is 11.1 Å². The summed E-state index contributed by atoms with van der Waals surface area (Å²) < 4.78 is 0. The molecular weight excluding hydrogens is 268 g/mol. The van der Waals surface area contributed by atoms with Crippen molar-refractivity contribution in [3.8, 4) is 5.75 Å². The lowest BCUT2D eigenvalue weighted by molar-refractivity contribution is 0.0951. The molecule has 6 heteroatoms. The van der Waals surface area contributed by atoms with Gasteiger partial charge in [-0.1, -0.05) is 6.07 Å². The summed E-state index contributed by atoms with van der Waals surface area (Å²) in [5, 5.41) is 19.6. The first kappa shape index (κ1) is 13.0. The Morgan fingerprint density at radius 1 is 1.24 bits per heavy atom. The number of nitrogens with two attached hydrogens (primary N) is 1. The number of carbonyl (C=O) groups is 1. The van der Waals surface area contributed by atoms with E-state index in [1.807, 2.05) is 18.2 Å². The van der Waals surface area contributed by atoms with Gasteiger partial charge in [-0.2, -0.15) is 5.10 Å². The maximum absolute atomic E-state index is 12.0. The molecule has 0 saturated heterocycles. The minimum atomic E-state index is -0.199. The van der Waals surface area contributed by atoms with Crippen molar-refractivity contribution in [2.24, 2.45) is 0 Å². The Morgan fingerprint density at radius 3 is 2.76 bits per heavy atom. The van der Waals surface area contributed by atoms with Crippen LogP contribution in [0.1, 0.15) is 15.9 Å². The van der Waals surface area contributed by atoms with Gasteiger partial charge in [-0.05, 0) is 42.0 Å². The van der Waals surface area contributed by atoms with Gasteiger partial charge in [0.25, 0.3) is 5.91 Å². The third-order valence-electron chi connectivity index (χ3n) is 3.24. The van der Waals surface area contributed by atoms with Crippen molar-refractivity contribution in [2.45, 2.75) is 6.54 Å². The third-order valence-corrected chi connectivity index (χ3v) is 3.24. The van der Waals surface area contributed by atoms with Gasteiger partial charge in [0.1, 0.15) is 5.75 Å². The number of aromatic amines is 1. The highest BCUT2D eigenvalue weighted by atomic mass is 16.3. The zero-order valence-electron chi connectivity index (χ0n) is 11.1. The molecule has 0 spiro atoms. The van der Waals surface area contributed by atoms with Gasteiger partial charge < -0.3 is 16.2 Å². The zero-order chi connectivity index (χ0) is 14.8. The molecule has 0 aliphatic carbocycles. The van der Waals surface area contributed by atoms with Crippen molar-refractivity contribution in [2.75, 3.05) is 5.73 Å². The third kappa shape index (κ3) is 2.64. The molecule has 0 fully saturated rings. The van der Waals surface area contributed by atoms with Gasteiger partial charge in [0.15, 0.2) is 5.82 Å². The van der Waals surface area contributed by atoms with Crippen LogP contribution in [0.25, 0.3) is 10.9 Å². The molecule has 0 bridgehead atoms. The smallest absolute Gasteiger partial charge is 0.251 e. The van der Waals surface area contributed by atoms with Gasteiger partial charge in [0, 0.05) is 17.5 Å². The van der Waals surface area contributed by atoms with Gasteiger partial charge >= 0.3 is 0 Å². The maximum atomic E-state index is 12.0. The van der Waals surface area contributed by atoms with Gasteiger partial charge in [-0.25, -0.2) is 0 Å². The molecule has 0 atom stereocenters. The summed E-state index contributed by atoms with van der Waals surface area (Å²) in [6, 6.07) is 11.8. The number of hydrogen-bond acceptors (Lipinski definition) is 4. The normalized spacial score (nSPS) is 10.7. The molecule has 1 amide bonds. The number of nitrogens with one attached hydrogen (secondary N) is 2. The van der Waals surface area contributed by atoms with Crippen LogP contribution >= 0.6 is 0 Å². The monoisotopic (exact) mass is 282 g/mol. The molecular formula is C15H14N4O2. The van der Waals surface area contributed by atoms with E-state index in [4.69, 9.17) is 5.73 Å². The zero-order valence-corrected chi connectivity index (χ0v) is 11.1. The first-order chi connectivity index (χ1) is 10.1. The number of fused-ring (bicyclic) bond motifs is 1. The van der Waals surface area contributed by atoms with E-state index >= 15 is 0 Å². The second-order valence-electron chi connectivity index (χ2n) is 4.72. The number of amides is 1. The number of benzene rings is 2. The van der Waals surface area contributed by atoms with Crippen LogP contribution in [0.4, 0.5) is 5.82 Å². The van der Waals surface area contributed by atoms with Gasteiger partial charge in [0.2, 0.25) is 0 Å². The fourth-order valence-corrected chi connectivity index (χ4v) is 2.09. The average Bonchev–Trinajstić information content (AvgIpc) is 2.87. The van der Waals surface area contributed by atoms with Gasteiger partial charge in [-0.3, -0.25) is 9.89 Å². The number of rotatable bonds is 3. The van der Waals surface area contributed by atoms with Crippen LogP contribution in [0.2, 0.25) is 0 Å². The largest absolute Gasteiger partial charge is 0.508 e. The molecule has 0 saturated carbocycles. The van der Waals surface area contributed by atoms with Crippen LogP contribution in [-0.2, 0) is 6.54 Å². The lowest BCUT2D eigenvalue weighted by Gasteiger charge is -2.06. The number of phenols is 1. The summed E-state index contributed by atoms with van der Waals surface area (Å²) in [7, 11) is 0. The summed E-state index contributed by atoms with van der Waals surface area (Å²) >= 11 is 0. The number of phenolic OH excluding ortho intramolecular Hbond substituents is 1. The molecule has 2 aromatic carbocycles. The molecule has 3 aromatic rings. The van der Waals surface area contributed by atoms with E-state index in [2.05, 4.69) is 15.5 Å². The molecule has 0 aliphatic heterocycles. The summed E-state index contributed by atoms with van der Waals surface area (Å²) in [6.45, 7) is 0.389. The van der Waals surface area contributed by atoms with Crippen molar-refractivity contribution in [3.05, 3.63) is 53.6 Å². The predicted molar refractivity (Wildman–Crippen MR) is 79.8 cm³/mol. The lowest BCUT2D eigenvalue weighted by Crippen LogP contribution is -2.22. The number of hydrogen-bond donors (Lipinski definition) is 4. The van der Waals surface area contributed by atoms with Crippen molar-refractivity contribution in [1.29, 1.82) is 0 Å². The Bertz CT molecular complexity index is 793. The highest BCUT2D eigenvalue weighted by molar-refractivity contribution is 5.94. The van der Waals surface area contributed by atoms with Crippen LogP contribution in [-0.4, -0.2) is 21.2 Å². The molecule has 21 heavy (non-hydrogen) atoms.